The smallest absolute Gasteiger partial charge is 0.306 e. The summed E-state index contributed by atoms with van der Waals surface area (Å²) in [4.78, 5) is 12.5. The minimum Gasteiger partial charge on any atom is -0.457 e. The Morgan fingerprint density at radius 2 is 1.00 bits per heavy atom. The molecule has 0 bridgehead atoms. The lowest BCUT2D eigenvalue weighted by Crippen LogP contribution is -2.67. The molecule has 1 saturated carbocycles. The van der Waals surface area contributed by atoms with Crippen LogP contribution in [0.4, 0.5) is 0 Å². The van der Waals surface area contributed by atoms with Gasteiger partial charge in [-0.2, -0.15) is 0 Å². The molecule has 0 amide bonds. The van der Waals surface area contributed by atoms with Gasteiger partial charge in [-0.25, -0.2) is 0 Å². The molecule has 0 unspecified atom stereocenters. The van der Waals surface area contributed by atoms with Crippen molar-refractivity contribution in [2.24, 2.45) is 0 Å². The average molecular weight is 607 g/mol. The number of unbranched alkanes of at least 4 members (excludes halogenated alkanes) is 16. The maximum Gasteiger partial charge on any atom is 0.306 e. The predicted molar refractivity (Wildman–Crippen MR) is 155 cm³/mol. The van der Waals surface area contributed by atoms with Crippen LogP contribution in [0.25, 0.3) is 0 Å². The molecular formula is C31H58O11. The largest absolute Gasteiger partial charge is 0.457 e. The zero-order valence-corrected chi connectivity index (χ0v) is 25.5. The first-order chi connectivity index (χ1) is 20.2. The highest BCUT2D eigenvalue weighted by atomic mass is 16.7. The van der Waals surface area contributed by atoms with Crippen LogP contribution in [0.5, 0.6) is 0 Å². The van der Waals surface area contributed by atoms with Crippen LogP contribution in [-0.4, -0.2) is 110 Å². The molecular weight excluding hydrogens is 548 g/mol. The van der Waals surface area contributed by atoms with Gasteiger partial charge in [0.1, 0.15) is 48.8 Å². The van der Waals surface area contributed by atoms with Gasteiger partial charge < -0.3 is 50.0 Å². The van der Waals surface area contributed by atoms with Gasteiger partial charge in [-0.15, -0.1) is 0 Å². The van der Waals surface area contributed by atoms with Gasteiger partial charge in [-0.3, -0.25) is 4.79 Å². The van der Waals surface area contributed by atoms with Crippen LogP contribution in [0.15, 0.2) is 0 Å². The molecule has 10 atom stereocenters. The summed E-state index contributed by atoms with van der Waals surface area (Å²) in [6.45, 7) is 1.88. The summed E-state index contributed by atoms with van der Waals surface area (Å²) in [5.41, 5.74) is 0. The Morgan fingerprint density at radius 3 is 1.48 bits per heavy atom. The number of hydrogen-bond donors (Lipinski definition) is 7. The van der Waals surface area contributed by atoms with Crippen LogP contribution in [-0.2, 0) is 19.0 Å². The van der Waals surface area contributed by atoms with Crippen LogP contribution in [0.2, 0.25) is 0 Å². The topological polar surface area (TPSA) is 186 Å². The fourth-order valence-electron chi connectivity index (χ4n) is 5.73. The average Bonchev–Trinajstić information content (AvgIpc) is 2.98. The van der Waals surface area contributed by atoms with Crippen molar-refractivity contribution in [2.45, 2.75) is 184 Å². The summed E-state index contributed by atoms with van der Waals surface area (Å²) in [6, 6.07) is 0. The Balaban J connectivity index is 1.60. The number of esters is 1. The standard InChI is InChI=1S/C31H58O11/c1-2-3-4-5-6-7-8-9-10-11-12-13-14-15-16-17-18-19-22(33)41-29-26(37)24(35)25(36)27(38)30(29)42-31-28(39)23(34)21(32)20-40-31/h21,23-32,34-39H,2-20H2,1H3/t21-,23+,24+,25+,26-,27-,28-,29-,30+,31+/m1/s1. The zero-order chi connectivity index (χ0) is 30.9. The molecule has 1 heterocycles. The maximum absolute atomic E-state index is 12.5. The molecule has 11 nitrogen and oxygen atoms in total. The summed E-state index contributed by atoms with van der Waals surface area (Å²) in [5, 5.41) is 70.9. The molecule has 1 aliphatic heterocycles. The molecule has 0 radical (unpaired) electrons. The normalized spacial score (nSPS) is 33.5. The summed E-state index contributed by atoms with van der Waals surface area (Å²) >= 11 is 0. The van der Waals surface area contributed by atoms with E-state index in [9.17, 15) is 40.5 Å². The van der Waals surface area contributed by atoms with Gasteiger partial charge in [0.25, 0.3) is 0 Å². The van der Waals surface area contributed by atoms with Crippen molar-refractivity contribution in [3.8, 4) is 0 Å². The Bertz CT molecular complexity index is 710. The molecule has 0 spiro atoms. The van der Waals surface area contributed by atoms with E-state index in [-0.39, 0.29) is 13.0 Å². The van der Waals surface area contributed by atoms with E-state index in [0.717, 1.165) is 19.3 Å². The Hall–Kier alpha value is -0.890. The number of aliphatic hydroxyl groups is 7. The molecule has 42 heavy (non-hydrogen) atoms. The maximum atomic E-state index is 12.5. The fourth-order valence-corrected chi connectivity index (χ4v) is 5.73. The van der Waals surface area contributed by atoms with Gasteiger partial charge >= 0.3 is 5.97 Å². The minimum atomic E-state index is -1.82. The predicted octanol–water partition coefficient (Wildman–Crippen LogP) is 2.22. The van der Waals surface area contributed by atoms with Gasteiger partial charge in [0.2, 0.25) is 0 Å². The van der Waals surface area contributed by atoms with Gasteiger partial charge in [0.05, 0.1) is 6.61 Å². The summed E-state index contributed by atoms with van der Waals surface area (Å²) < 4.78 is 16.1. The van der Waals surface area contributed by atoms with Crippen molar-refractivity contribution in [2.75, 3.05) is 6.61 Å². The van der Waals surface area contributed by atoms with E-state index >= 15 is 0 Å². The molecule has 2 fully saturated rings. The van der Waals surface area contributed by atoms with Crippen LogP contribution in [0.3, 0.4) is 0 Å². The molecule has 248 valence electrons. The first-order valence-corrected chi connectivity index (χ1v) is 16.4. The monoisotopic (exact) mass is 606 g/mol. The molecule has 7 N–H and O–H groups in total. The van der Waals surface area contributed by atoms with Gasteiger partial charge in [0.15, 0.2) is 12.4 Å². The molecule has 1 aliphatic carbocycles. The van der Waals surface area contributed by atoms with E-state index in [1.807, 2.05) is 0 Å². The number of hydrogen-bond acceptors (Lipinski definition) is 11. The van der Waals surface area contributed by atoms with E-state index in [1.165, 1.54) is 83.5 Å². The quantitative estimate of drug-likeness (QED) is 0.0750. The lowest BCUT2D eigenvalue weighted by atomic mass is 9.84. The van der Waals surface area contributed by atoms with Crippen molar-refractivity contribution >= 4 is 5.97 Å². The second-order valence-corrected chi connectivity index (χ2v) is 12.2. The van der Waals surface area contributed by atoms with E-state index < -0.39 is 67.2 Å². The molecule has 0 aromatic carbocycles. The molecule has 11 heteroatoms. The second-order valence-electron chi connectivity index (χ2n) is 12.2. The van der Waals surface area contributed by atoms with E-state index in [0.29, 0.717) is 6.42 Å². The van der Waals surface area contributed by atoms with Crippen molar-refractivity contribution in [3.63, 3.8) is 0 Å². The lowest BCUT2D eigenvalue weighted by molar-refractivity contribution is -0.322. The van der Waals surface area contributed by atoms with Gasteiger partial charge in [-0.05, 0) is 6.42 Å². The molecule has 1 saturated heterocycles. The van der Waals surface area contributed by atoms with Gasteiger partial charge in [0, 0.05) is 6.42 Å². The number of carbonyl (C=O) groups excluding carboxylic acids is 1. The van der Waals surface area contributed by atoms with E-state index in [4.69, 9.17) is 14.2 Å². The number of carbonyl (C=O) groups is 1. The summed E-state index contributed by atoms with van der Waals surface area (Å²) in [5.74, 6) is -0.662. The number of ether oxygens (including phenoxy) is 3. The lowest BCUT2D eigenvalue weighted by Gasteiger charge is -2.45. The van der Waals surface area contributed by atoms with Crippen LogP contribution in [0, 0.1) is 0 Å². The molecule has 2 rings (SSSR count). The SMILES string of the molecule is CCCCCCCCCCCCCCCCCCCC(=O)O[C@@H]1[C@H](O)[C@@H](O)[C@H](O)[C@@H](O)[C@@H]1O[C@@H]1OC[C@@H](O)[C@H](O)[C@H]1O. The van der Waals surface area contributed by atoms with Crippen molar-refractivity contribution in [1.29, 1.82) is 0 Å². The molecule has 2 aliphatic rings. The highest BCUT2D eigenvalue weighted by Gasteiger charge is 2.53. The zero-order valence-electron chi connectivity index (χ0n) is 25.5. The van der Waals surface area contributed by atoms with E-state index in [1.54, 1.807) is 0 Å². The summed E-state index contributed by atoms with van der Waals surface area (Å²) in [6.07, 6.45) is 4.27. The third kappa shape index (κ3) is 12.6. The van der Waals surface area contributed by atoms with Crippen LogP contribution in [0.1, 0.15) is 122 Å². The Labute approximate surface area is 251 Å². The van der Waals surface area contributed by atoms with Crippen molar-refractivity contribution in [3.05, 3.63) is 0 Å². The van der Waals surface area contributed by atoms with Crippen molar-refractivity contribution in [1.82, 2.24) is 0 Å². The Morgan fingerprint density at radius 1 is 0.571 bits per heavy atom. The third-order valence-electron chi connectivity index (χ3n) is 8.54. The minimum absolute atomic E-state index is 0.0662. The number of aliphatic hydroxyl groups excluding tert-OH is 7. The van der Waals surface area contributed by atoms with E-state index in [2.05, 4.69) is 6.92 Å². The van der Waals surface area contributed by atoms with Crippen LogP contribution >= 0.6 is 0 Å². The molecule has 0 aromatic rings. The third-order valence-corrected chi connectivity index (χ3v) is 8.54. The highest BCUT2D eigenvalue weighted by molar-refractivity contribution is 5.69. The van der Waals surface area contributed by atoms with Crippen LogP contribution < -0.4 is 0 Å². The first-order valence-electron chi connectivity index (χ1n) is 16.4. The molecule has 0 aromatic heterocycles. The first kappa shape index (κ1) is 37.3. The van der Waals surface area contributed by atoms with Crippen molar-refractivity contribution < 1.29 is 54.8 Å². The summed E-state index contributed by atoms with van der Waals surface area (Å²) in [7, 11) is 0. The van der Waals surface area contributed by atoms with Gasteiger partial charge in [-0.1, -0.05) is 110 Å². The highest BCUT2D eigenvalue weighted by Crippen LogP contribution is 2.30. The number of rotatable bonds is 21. The second kappa shape index (κ2) is 21.0. The fraction of sp³-hybridized carbons (Fsp3) is 0.968. The Kier molecular flexibility index (Phi) is 18.6.